The molecule has 4 nitrogen and oxygen atoms in total. The maximum absolute atomic E-state index is 12.4. The highest BCUT2D eigenvalue weighted by molar-refractivity contribution is 5.78. The van der Waals surface area contributed by atoms with Gasteiger partial charge < -0.3 is 14.6 Å². The van der Waals surface area contributed by atoms with Crippen LogP contribution in [0.1, 0.15) is 31.2 Å². The van der Waals surface area contributed by atoms with Crippen molar-refractivity contribution in [2.75, 3.05) is 6.61 Å². The highest BCUT2D eigenvalue weighted by atomic mass is 16.6. The Bertz CT molecular complexity index is 539. The van der Waals surface area contributed by atoms with Crippen molar-refractivity contribution in [3.8, 4) is 0 Å². The summed E-state index contributed by atoms with van der Waals surface area (Å²) in [5, 5.41) is 9.57. The first-order chi connectivity index (χ1) is 10.7. The molecule has 7 atom stereocenters. The first-order valence-electron chi connectivity index (χ1n) is 8.20. The number of hydrogen-bond acceptors (Lipinski definition) is 4. The summed E-state index contributed by atoms with van der Waals surface area (Å²) in [6.45, 7) is 2.08. The summed E-state index contributed by atoms with van der Waals surface area (Å²) in [7, 11) is 0. The monoisotopic (exact) mass is 302 g/mol. The molecule has 2 saturated carbocycles. The maximum Gasteiger partial charge on any atom is 0.316 e. The van der Waals surface area contributed by atoms with Crippen LogP contribution in [0.15, 0.2) is 30.3 Å². The number of rotatable bonds is 4. The molecule has 0 amide bonds. The Hall–Kier alpha value is -1.39. The Labute approximate surface area is 130 Å². The number of benzene rings is 1. The second kappa shape index (κ2) is 5.36. The number of aliphatic hydroxyl groups is 1. The molecule has 1 aromatic rings. The van der Waals surface area contributed by atoms with E-state index in [0.717, 1.165) is 18.4 Å². The molecule has 2 bridgehead atoms. The largest absolute Gasteiger partial charge is 0.462 e. The van der Waals surface area contributed by atoms with Crippen LogP contribution in [0, 0.1) is 17.8 Å². The lowest BCUT2D eigenvalue weighted by Gasteiger charge is -2.35. The smallest absolute Gasteiger partial charge is 0.316 e. The van der Waals surface area contributed by atoms with Crippen LogP contribution in [0.2, 0.25) is 0 Å². The molecule has 0 aromatic heterocycles. The standard InChI is InChI=1S/C18H22O4/c1-10-13-7-12(8-14(10)17-16(13)22-17)21-18(20)15(9-19)11-5-3-2-4-6-11/h2-6,10,12-17,19H,7-9H2,1H3/t10?,12?,13-,14+,15?,16+,17-. The highest BCUT2D eigenvalue weighted by Crippen LogP contribution is 2.57. The van der Waals surface area contributed by atoms with Gasteiger partial charge in [0.1, 0.15) is 12.0 Å². The number of fused-ring (bicyclic) bond motifs is 5. The Morgan fingerprint density at radius 1 is 1.27 bits per heavy atom. The van der Waals surface area contributed by atoms with Crippen molar-refractivity contribution in [1.29, 1.82) is 0 Å². The van der Waals surface area contributed by atoms with Crippen LogP contribution >= 0.6 is 0 Å². The molecule has 4 rings (SSSR count). The molecular formula is C18H22O4. The van der Waals surface area contributed by atoms with Gasteiger partial charge in [0, 0.05) is 0 Å². The van der Waals surface area contributed by atoms with Crippen molar-refractivity contribution < 1.29 is 19.4 Å². The van der Waals surface area contributed by atoms with E-state index in [-0.39, 0.29) is 18.7 Å². The molecule has 22 heavy (non-hydrogen) atoms. The van der Waals surface area contributed by atoms with E-state index in [1.165, 1.54) is 0 Å². The average Bonchev–Trinajstić information content (AvgIpc) is 3.27. The third-order valence-electron chi connectivity index (χ3n) is 5.78. The fourth-order valence-electron chi connectivity index (χ4n) is 4.49. The van der Waals surface area contributed by atoms with Gasteiger partial charge >= 0.3 is 5.97 Å². The Balaban J connectivity index is 1.42. The van der Waals surface area contributed by atoms with E-state index in [1.807, 2.05) is 30.3 Å². The average molecular weight is 302 g/mol. The van der Waals surface area contributed by atoms with Crippen molar-refractivity contribution >= 4 is 5.97 Å². The molecule has 4 heteroatoms. The number of hydrogen-bond donors (Lipinski definition) is 1. The van der Waals surface area contributed by atoms with Crippen LogP contribution in [0.5, 0.6) is 0 Å². The van der Waals surface area contributed by atoms with Gasteiger partial charge in [-0.25, -0.2) is 0 Å². The fraction of sp³-hybridized carbons (Fsp3) is 0.611. The Kier molecular flexibility index (Phi) is 3.46. The van der Waals surface area contributed by atoms with Gasteiger partial charge in [-0.15, -0.1) is 0 Å². The molecule has 0 spiro atoms. The molecule has 118 valence electrons. The molecule has 1 aromatic carbocycles. The summed E-state index contributed by atoms with van der Waals surface area (Å²) in [4.78, 5) is 12.4. The van der Waals surface area contributed by atoms with Gasteiger partial charge in [-0.05, 0) is 36.2 Å². The second-order valence-corrected chi connectivity index (χ2v) is 6.93. The van der Waals surface area contributed by atoms with Crippen molar-refractivity contribution in [3.05, 3.63) is 35.9 Å². The number of ether oxygens (including phenoxy) is 2. The number of carbonyl (C=O) groups excluding carboxylic acids is 1. The second-order valence-electron chi connectivity index (χ2n) is 6.93. The third kappa shape index (κ3) is 2.25. The van der Waals surface area contributed by atoms with Gasteiger partial charge in [0.2, 0.25) is 0 Å². The summed E-state index contributed by atoms with van der Waals surface area (Å²) in [6.07, 6.45) is 2.60. The number of esters is 1. The minimum absolute atomic E-state index is 0.0205. The molecular weight excluding hydrogens is 280 g/mol. The number of aliphatic hydroxyl groups excluding tert-OH is 1. The number of epoxide rings is 1. The Morgan fingerprint density at radius 2 is 1.91 bits per heavy atom. The van der Waals surface area contributed by atoms with Crippen LogP contribution in [-0.4, -0.2) is 36.0 Å². The molecule has 1 heterocycles. The lowest BCUT2D eigenvalue weighted by Crippen LogP contribution is -2.36. The van der Waals surface area contributed by atoms with Crippen molar-refractivity contribution in [2.24, 2.45) is 17.8 Å². The zero-order valence-electron chi connectivity index (χ0n) is 12.7. The molecule has 1 saturated heterocycles. The molecule has 3 fully saturated rings. The molecule has 1 N–H and O–H groups in total. The van der Waals surface area contributed by atoms with Gasteiger partial charge in [-0.1, -0.05) is 37.3 Å². The summed E-state index contributed by atoms with van der Waals surface area (Å²) in [6, 6.07) is 9.36. The molecule has 3 aliphatic rings. The van der Waals surface area contributed by atoms with Crippen LogP contribution in [-0.2, 0) is 14.3 Å². The van der Waals surface area contributed by atoms with Crippen LogP contribution in [0.25, 0.3) is 0 Å². The van der Waals surface area contributed by atoms with E-state index in [1.54, 1.807) is 0 Å². The predicted molar refractivity (Wildman–Crippen MR) is 80.2 cm³/mol. The van der Waals surface area contributed by atoms with Crippen LogP contribution in [0.3, 0.4) is 0 Å². The van der Waals surface area contributed by atoms with Gasteiger partial charge in [-0.2, -0.15) is 0 Å². The lowest BCUT2D eigenvalue weighted by atomic mass is 9.77. The zero-order chi connectivity index (χ0) is 15.3. The molecule has 2 aliphatic carbocycles. The summed E-state index contributed by atoms with van der Waals surface area (Å²) in [5.74, 6) is 0.865. The first kappa shape index (κ1) is 14.2. The summed E-state index contributed by atoms with van der Waals surface area (Å²) in [5.41, 5.74) is 0.813. The minimum atomic E-state index is -0.580. The topological polar surface area (TPSA) is 59.1 Å². The summed E-state index contributed by atoms with van der Waals surface area (Å²) < 4.78 is 11.4. The fourth-order valence-corrected chi connectivity index (χ4v) is 4.49. The van der Waals surface area contributed by atoms with E-state index < -0.39 is 5.92 Å². The van der Waals surface area contributed by atoms with Crippen molar-refractivity contribution in [1.82, 2.24) is 0 Å². The van der Waals surface area contributed by atoms with Gasteiger partial charge in [0.15, 0.2) is 0 Å². The van der Waals surface area contributed by atoms with Crippen LogP contribution < -0.4 is 0 Å². The zero-order valence-corrected chi connectivity index (χ0v) is 12.7. The predicted octanol–water partition coefficient (Wildman–Crippen LogP) is 2.12. The summed E-state index contributed by atoms with van der Waals surface area (Å²) >= 11 is 0. The highest BCUT2D eigenvalue weighted by Gasteiger charge is 2.63. The third-order valence-corrected chi connectivity index (χ3v) is 5.78. The molecule has 1 aliphatic heterocycles. The quantitative estimate of drug-likeness (QED) is 0.683. The van der Waals surface area contributed by atoms with Crippen molar-refractivity contribution in [3.63, 3.8) is 0 Å². The Morgan fingerprint density at radius 3 is 2.50 bits per heavy atom. The first-order valence-corrected chi connectivity index (χ1v) is 8.20. The van der Waals surface area contributed by atoms with Crippen LogP contribution in [0.4, 0.5) is 0 Å². The molecule has 3 unspecified atom stereocenters. The maximum atomic E-state index is 12.4. The van der Waals surface area contributed by atoms with E-state index in [4.69, 9.17) is 9.47 Å². The van der Waals surface area contributed by atoms with E-state index in [0.29, 0.717) is 30.0 Å². The van der Waals surface area contributed by atoms with E-state index in [2.05, 4.69) is 6.92 Å². The number of carbonyl (C=O) groups is 1. The van der Waals surface area contributed by atoms with Gasteiger partial charge in [0.25, 0.3) is 0 Å². The van der Waals surface area contributed by atoms with Gasteiger partial charge in [-0.3, -0.25) is 4.79 Å². The van der Waals surface area contributed by atoms with E-state index in [9.17, 15) is 9.90 Å². The molecule has 0 radical (unpaired) electrons. The lowest BCUT2D eigenvalue weighted by molar-refractivity contribution is -0.156. The van der Waals surface area contributed by atoms with Gasteiger partial charge in [0.05, 0.1) is 18.8 Å². The normalized spacial score (nSPS) is 39.9. The van der Waals surface area contributed by atoms with E-state index >= 15 is 0 Å². The SMILES string of the molecule is CC1[C@H]2CC(OC(=O)C(CO)c3ccccc3)C[C@@H]1[C@H]1O[C@H]12. The minimum Gasteiger partial charge on any atom is -0.462 e. The van der Waals surface area contributed by atoms with Crippen molar-refractivity contribution in [2.45, 2.75) is 44.0 Å².